The summed E-state index contributed by atoms with van der Waals surface area (Å²) < 4.78 is 12.8. The first kappa shape index (κ1) is 11.4. The molecule has 0 radical (unpaired) electrons. The fourth-order valence-corrected chi connectivity index (χ4v) is 1.13. The highest BCUT2D eigenvalue weighted by molar-refractivity contribution is 5.92. The maximum Gasteiger partial charge on any atom is 0.228 e. The number of rotatable bonds is 3. The molecule has 0 atom stereocenters. The highest BCUT2D eigenvalue weighted by atomic mass is 19.1. The summed E-state index contributed by atoms with van der Waals surface area (Å²) >= 11 is 0. The SMILES string of the molecule is CC=C(C)CC(=O)Nc1cccc(F)c1. The van der Waals surface area contributed by atoms with Crippen LogP contribution in [0.5, 0.6) is 0 Å². The minimum absolute atomic E-state index is 0.129. The van der Waals surface area contributed by atoms with Crippen LogP contribution in [0.25, 0.3) is 0 Å². The van der Waals surface area contributed by atoms with E-state index < -0.39 is 0 Å². The Bertz CT molecular complexity index is 385. The molecule has 0 saturated heterocycles. The molecule has 2 nitrogen and oxygen atoms in total. The lowest BCUT2D eigenvalue weighted by molar-refractivity contribution is -0.115. The largest absolute Gasteiger partial charge is 0.326 e. The summed E-state index contributed by atoms with van der Waals surface area (Å²) in [7, 11) is 0. The highest BCUT2D eigenvalue weighted by Crippen LogP contribution is 2.10. The van der Waals surface area contributed by atoms with E-state index in [2.05, 4.69) is 5.32 Å². The molecule has 80 valence electrons. The Hall–Kier alpha value is -1.64. The van der Waals surface area contributed by atoms with E-state index in [1.807, 2.05) is 19.9 Å². The number of halogens is 1. The third-order valence-corrected chi connectivity index (χ3v) is 2.04. The lowest BCUT2D eigenvalue weighted by Crippen LogP contribution is -2.11. The molecule has 1 aromatic carbocycles. The monoisotopic (exact) mass is 207 g/mol. The van der Waals surface area contributed by atoms with Gasteiger partial charge in [0.25, 0.3) is 0 Å². The van der Waals surface area contributed by atoms with Crippen molar-refractivity contribution in [2.24, 2.45) is 0 Å². The second-order valence-corrected chi connectivity index (χ2v) is 3.37. The zero-order chi connectivity index (χ0) is 11.3. The zero-order valence-electron chi connectivity index (χ0n) is 8.88. The minimum Gasteiger partial charge on any atom is -0.326 e. The molecule has 15 heavy (non-hydrogen) atoms. The molecule has 0 saturated carbocycles. The molecule has 0 aromatic heterocycles. The molecule has 0 bridgehead atoms. The molecular formula is C12H14FNO. The third kappa shape index (κ3) is 3.94. The van der Waals surface area contributed by atoms with Crippen LogP contribution in [0.15, 0.2) is 35.9 Å². The Labute approximate surface area is 88.8 Å². The molecule has 1 amide bonds. The summed E-state index contributed by atoms with van der Waals surface area (Å²) in [5.41, 5.74) is 1.48. The van der Waals surface area contributed by atoms with Gasteiger partial charge in [-0.15, -0.1) is 0 Å². The summed E-state index contributed by atoms with van der Waals surface area (Å²) in [4.78, 5) is 11.4. The van der Waals surface area contributed by atoms with Crippen LogP contribution in [0.4, 0.5) is 10.1 Å². The van der Waals surface area contributed by atoms with Crippen molar-refractivity contribution in [1.29, 1.82) is 0 Å². The van der Waals surface area contributed by atoms with E-state index in [1.165, 1.54) is 12.1 Å². The number of anilines is 1. The molecule has 1 rings (SSSR count). The molecule has 0 aliphatic heterocycles. The predicted molar refractivity (Wildman–Crippen MR) is 59.1 cm³/mol. The summed E-state index contributed by atoms with van der Waals surface area (Å²) in [6, 6.07) is 5.86. The Morgan fingerprint density at radius 3 is 2.87 bits per heavy atom. The minimum atomic E-state index is -0.351. The van der Waals surface area contributed by atoms with E-state index in [0.29, 0.717) is 12.1 Å². The normalized spacial score (nSPS) is 11.3. The average molecular weight is 207 g/mol. The number of benzene rings is 1. The molecule has 1 aromatic rings. The van der Waals surface area contributed by atoms with Gasteiger partial charge >= 0.3 is 0 Å². The molecule has 0 spiro atoms. The molecule has 0 fully saturated rings. The van der Waals surface area contributed by atoms with E-state index in [1.54, 1.807) is 12.1 Å². The number of hydrogen-bond donors (Lipinski definition) is 1. The van der Waals surface area contributed by atoms with Crippen LogP contribution < -0.4 is 5.32 Å². The van der Waals surface area contributed by atoms with Crippen LogP contribution in [0, 0.1) is 5.82 Å². The number of amides is 1. The van der Waals surface area contributed by atoms with Gasteiger partial charge in [0.05, 0.1) is 0 Å². The van der Waals surface area contributed by atoms with Gasteiger partial charge in [0.15, 0.2) is 0 Å². The van der Waals surface area contributed by atoms with Crippen molar-refractivity contribution in [2.75, 3.05) is 5.32 Å². The molecular weight excluding hydrogens is 193 g/mol. The van der Waals surface area contributed by atoms with E-state index in [9.17, 15) is 9.18 Å². The van der Waals surface area contributed by atoms with Gasteiger partial charge in [-0.25, -0.2) is 4.39 Å². The van der Waals surface area contributed by atoms with Crippen molar-refractivity contribution in [3.63, 3.8) is 0 Å². The first-order valence-corrected chi connectivity index (χ1v) is 4.79. The molecule has 0 aliphatic carbocycles. The summed E-state index contributed by atoms with van der Waals surface area (Å²) in [5, 5.41) is 2.63. The van der Waals surface area contributed by atoms with Crippen LogP contribution in [-0.4, -0.2) is 5.91 Å². The maximum absolute atomic E-state index is 12.8. The topological polar surface area (TPSA) is 29.1 Å². The van der Waals surface area contributed by atoms with Gasteiger partial charge in [0.1, 0.15) is 5.82 Å². The van der Waals surface area contributed by atoms with Crippen molar-refractivity contribution in [3.8, 4) is 0 Å². The summed E-state index contributed by atoms with van der Waals surface area (Å²) in [6.45, 7) is 3.76. The second kappa shape index (κ2) is 5.29. The van der Waals surface area contributed by atoms with E-state index in [0.717, 1.165) is 5.57 Å². The first-order valence-electron chi connectivity index (χ1n) is 4.79. The van der Waals surface area contributed by atoms with Crippen LogP contribution in [0.1, 0.15) is 20.3 Å². The Kier molecular flexibility index (Phi) is 4.03. The van der Waals surface area contributed by atoms with Crippen molar-refractivity contribution >= 4 is 11.6 Å². The van der Waals surface area contributed by atoms with Gasteiger partial charge in [-0.2, -0.15) is 0 Å². The summed E-state index contributed by atoms with van der Waals surface area (Å²) in [5.74, 6) is -0.480. The molecule has 3 heteroatoms. The fourth-order valence-electron chi connectivity index (χ4n) is 1.13. The van der Waals surface area contributed by atoms with Crippen LogP contribution >= 0.6 is 0 Å². The van der Waals surface area contributed by atoms with Crippen molar-refractivity contribution < 1.29 is 9.18 Å². The van der Waals surface area contributed by atoms with E-state index in [4.69, 9.17) is 0 Å². The zero-order valence-corrected chi connectivity index (χ0v) is 8.88. The van der Waals surface area contributed by atoms with Crippen molar-refractivity contribution in [2.45, 2.75) is 20.3 Å². The van der Waals surface area contributed by atoms with Crippen LogP contribution in [0.2, 0.25) is 0 Å². The number of allylic oxidation sites excluding steroid dienone is 1. The van der Waals surface area contributed by atoms with Gasteiger partial charge in [-0.05, 0) is 32.0 Å². The van der Waals surface area contributed by atoms with Gasteiger partial charge in [0, 0.05) is 12.1 Å². The third-order valence-electron chi connectivity index (χ3n) is 2.04. The smallest absolute Gasteiger partial charge is 0.228 e. The van der Waals surface area contributed by atoms with Crippen molar-refractivity contribution in [1.82, 2.24) is 0 Å². The average Bonchev–Trinajstić information content (AvgIpc) is 2.17. The number of carbonyl (C=O) groups is 1. The number of carbonyl (C=O) groups excluding carboxylic acids is 1. The Morgan fingerprint density at radius 1 is 1.53 bits per heavy atom. The Morgan fingerprint density at radius 2 is 2.27 bits per heavy atom. The van der Waals surface area contributed by atoms with Gasteiger partial charge < -0.3 is 5.32 Å². The second-order valence-electron chi connectivity index (χ2n) is 3.37. The number of nitrogens with one attached hydrogen (secondary N) is 1. The van der Waals surface area contributed by atoms with E-state index in [-0.39, 0.29) is 11.7 Å². The summed E-state index contributed by atoms with van der Waals surface area (Å²) in [6.07, 6.45) is 2.22. The van der Waals surface area contributed by atoms with E-state index >= 15 is 0 Å². The Balaban J connectivity index is 2.59. The maximum atomic E-state index is 12.8. The van der Waals surface area contributed by atoms with Gasteiger partial charge in [-0.1, -0.05) is 17.7 Å². The molecule has 0 heterocycles. The lowest BCUT2D eigenvalue weighted by Gasteiger charge is -2.04. The standard InChI is InChI=1S/C12H14FNO/c1-3-9(2)7-12(15)14-11-6-4-5-10(13)8-11/h3-6,8H,7H2,1-2H3,(H,14,15). The molecule has 0 aliphatic rings. The van der Waals surface area contributed by atoms with Gasteiger partial charge in [-0.3, -0.25) is 4.79 Å². The quantitative estimate of drug-likeness (QED) is 0.758. The lowest BCUT2D eigenvalue weighted by atomic mass is 10.2. The highest BCUT2D eigenvalue weighted by Gasteiger charge is 2.03. The van der Waals surface area contributed by atoms with Crippen LogP contribution in [0.3, 0.4) is 0 Å². The number of hydrogen-bond acceptors (Lipinski definition) is 1. The van der Waals surface area contributed by atoms with Crippen LogP contribution in [-0.2, 0) is 4.79 Å². The predicted octanol–water partition coefficient (Wildman–Crippen LogP) is 3.12. The van der Waals surface area contributed by atoms with Crippen molar-refractivity contribution in [3.05, 3.63) is 41.7 Å². The first-order chi connectivity index (χ1) is 7.11. The molecule has 1 N–H and O–H groups in total. The molecule has 0 unspecified atom stereocenters. The van der Waals surface area contributed by atoms with Gasteiger partial charge in [0.2, 0.25) is 5.91 Å². The fraction of sp³-hybridized carbons (Fsp3) is 0.250.